The third-order valence-corrected chi connectivity index (χ3v) is 7.85. The van der Waals surface area contributed by atoms with Crippen LogP contribution in [0, 0.1) is 5.82 Å². The number of carbonyl (C=O) groups excluding carboxylic acids is 2. The van der Waals surface area contributed by atoms with Crippen LogP contribution in [0.3, 0.4) is 0 Å². The minimum Gasteiger partial charge on any atom is -0.376 e. The second-order valence-corrected chi connectivity index (χ2v) is 10.8. The zero-order valence-corrected chi connectivity index (χ0v) is 20.5. The van der Waals surface area contributed by atoms with Crippen LogP contribution in [0.1, 0.15) is 37.6 Å². The zero-order chi connectivity index (χ0) is 24.9. The average Bonchev–Trinajstić information content (AvgIpc) is 2.82. The molecule has 0 bridgehead atoms. The smallest absolute Gasteiger partial charge is 0.251 e. The summed E-state index contributed by atoms with van der Waals surface area (Å²) in [5.74, 6) is -0.922. The molecule has 2 N–H and O–H groups in total. The van der Waals surface area contributed by atoms with Gasteiger partial charge in [-0.25, -0.2) is 12.8 Å². The third-order valence-electron chi connectivity index (χ3n) is 5.95. The fraction of sp³-hybridized carbons (Fsp3) is 0.417. The number of hydrogen-bond acceptors (Lipinski definition) is 5. The quantitative estimate of drug-likeness (QED) is 0.593. The van der Waals surface area contributed by atoms with E-state index in [9.17, 15) is 22.4 Å². The molecule has 1 heterocycles. The van der Waals surface area contributed by atoms with Crippen LogP contribution in [0.2, 0.25) is 0 Å². The second kappa shape index (κ2) is 10.5. The van der Waals surface area contributed by atoms with E-state index in [-0.39, 0.29) is 55.0 Å². The van der Waals surface area contributed by atoms with Gasteiger partial charge in [0.15, 0.2) is 0 Å². The Hall–Kier alpha value is -2.98. The number of amides is 2. The van der Waals surface area contributed by atoms with Crippen LogP contribution in [0.4, 0.5) is 10.1 Å². The Morgan fingerprint density at radius 2 is 1.68 bits per heavy atom. The molecular weight excluding hydrogens is 459 g/mol. The number of piperazine rings is 1. The van der Waals surface area contributed by atoms with Gasteiger partial charge >= 0.3 is 0 Å². The van der Waals surface area contributed by atoms with Gasteiger partial charge in [-0.2, -0.15) is 4.31 Å². The van der Waals surface area contributed by atoms with E-state index >= 15 is 0 Å². The van der Waals surface area contributed by atoms with E-state index in [4.69, 9.17) is 0 Å². The molecule has 2 aromatic carbocycles. The highest BCUT2D eigenvalue weighted by atomic mass is 32.2. The highest BCUT2D eigenvalue weighted by Crippen LogP contribution is 2.19. The SMILES string of the molecule is CCC(C)(C)NC(=O)c1ccc(NCC(=O)N2CCN(S(=O)(=O)c3cccc(F)c3)CC2)cc1. The number of anilines is 1. The lowest BCUT2D eigenvalue weighted by atomic mass is 10.0. The summed E-state index contributed by atoms with van der Waals surface area (Å²) >= 11 is 0. The summed E-state index contributed by atoms with van der Waals surface area (Å²) in [6.45, 7) is 6.76. The van der Waals surface area contributed by atoms with Crippen LogP contribution in [0.25, 0.3) is 0 Å². The van der Waals surface area contributed by atoms with Crippen molar-refractivity contribution in [3.05, 3.63) is 59.9 Å². The molecule has 1 saturated heterocycles. The van der Waals surface area contributed by atoms with Crippen LogP contribution < -0.4 is 10.6 Å². The molecule has 0 unspecified atom stereocenters. The van der Waals surface area contributed by atoms with Crippen LogP contribution in [-0.2, 0) is 14.8 Å². The topological polar surface area (TPSA) is 98.8 Å². The Morgan fingerprint density at radius 1 is 1.03 bits per heavy atom. The van der Waals surface area contributed by atoms with Crippen LogP contribution in [0.15, 0.2) is 53.4 Å². The standard InChI is InChI=1S/C24H31FN4O4S/c1-4-24(2,3)27-23(31)18-8-10-20(11-9-18)26-17-22(30)28-12-14-29(15-13-28)34(32,33)21-7-5-6-19(25)16-21/h5-11,16,26H,4,12-15,17H2,1-3H3,(H,27,31). The summed E-state index contributed by atoms with van der Waals surface area (Å²) < 4.78 is 40.1. The maximum atomic E-state index is 13.4. The monoisotopic (exact) mass is 490 g/mol. The Labute approximate surface area is 200 Å². The first-order valence-corrected chi connectivity index (χ1v) is 12.7. The Kier molecular flexibility index (Phi) is 7.93. The van der Waals surface area contributed by atoms with E-state index in [1.165, 1.54) is 22.5 Å². The van der Waals surface area contributed by atoms with Crippen molar-refractivity contribution in [1.82, 2.24) is 14.5 Å². The van der Waals surface area contributed by atoms with E-state index in [0.717, 1.165) is 12.5 Å². The Morgan fingerprint density at radius 3 is 2.26 bits per heavy atom. The first-order chi connectivity index (χ1) is 16.0. The van der Waals surface area contributed by atoms with Crippen molar-refractivity contribution in [2.45, 2.75) is 37.6 Å². The zero-order valence-electron chi connectivity index (χ0n) is 19.7. The number of sulfonamides is 1. The van der Waals surface area contributed by atoms with E-state index in [1.807, 2.05) is 20.8 Å². The molecule has 1 aliphatic rings. The van der Waals surface area contributed by atoms with Gasteiger partial charge < -0.3 is 15.5 Å². The predicted octanol–water partition coefficient (Wildman–Crippen LogP) is 2.69. The van der Waals surface area contributed by atoms with Gasteiger partial charge in [-0.3, -0.25) is 9.59 Å². The van der Waals surface area contributed by atoms with Crippen molar-refractivity contribution in [1.29, 1.82) is 0 Å². The largest absolute Gasteiger partial charge is 0.376 e. The molecule has 10 heteroatoms. The number of rotatable bonds is 8. The molecule has 8 nitrogen and oxygen atoms in total. The van der Waals surface area contributed by atoms with Gasteiger partial charge in [-0.1, -0.05) is 13.0 Å². The number of nitrogens with one attached hydrogen (secondary N) is 2. The fourth-order valence-corrected chi connectivity index (χ4v) is 4.91. The van der Waals surface area contributed by atoms with Gasteiger partial charge in [0.05, 0.1) is 11.4 Å². The molecule has 0 spiro atoms. The van der Waals surface area contributed by atoms with Crippen molar-refractivity contribution in [3.8, 4) is 0 Å². The number of benzene rings is 2. The lowest BCUT2D eigenvalue weighted by Gasteiger charge is -2.34. The maximum Gasteiger partial charge on any atom is 0.251 e. The molecule has 34 heavy (non-hydrogen) atoms. The van der Waals surface area contributed by atoms with E-state index < -0.39 is 15.8 Å². The molecule has 0 radical (unpaired) electrons. The summed E-state index contributed by atoms with van der Waals surface area (Å²) in [5.41, 5.74) is 0.946. The Balaban J connectivity index is 1.49. The summed E-state index contributed by atoms with van der Waals surface area (Å²) in [5, 5.41) is 6.02. The molecule has 1 aliphatic heterocycles. The summed E-state index contributed by atoms with van der Waals surface area (Å²) in [7, 11) is -3.81. The molecule has 184 valence electrons. The molecule has 0 atom stereocenters. The minimum absolute atomic E-state index is 0.0467. The van der Waals surface area contributed by atoms with Gasteiger partial charge in [-0.05, 0) is 62.7 Å². The van der Waals surface area contributed by atoms with Gasteiger partial charge in [-0.15, -0.1) is 0 Å². The van der Waals surface area contributed by atoms with E-state index in [0.29, 0.717) is 11.3 Å². The van der Waals surface area contributed by atoms with Crippen molar-refractivity contribution >= 4 is 27.5 Å². The lowest BCUT2D eigenvalue weighted by Crippen LogP contribution is -2.51. The summed E-state index contributed by atoms with van der Waals surface area (Å²) in [6, 6.07) is 11.8. The molecule has 0 aliphatic carbocycles. The van der Waals surface area contributed by atoms with Gasteiger partial charge in [0, 0.05) is 43.0 Å². The normalized spacial score (nSPS) is 15.1. The number of nitrogens with zero attached hydrogens (tertiary/aromatic N) is 2. The second-order valence-electron chi connectivity index (χ2n) is 8.86. The molecule has 1 fully saturated rings. The first-order valence-electron chi connectivity index (χ1n) is 11.2. The van der Waals surface area contributed by atoms with Gasteiger partial charge in [0.1, 0.15) is 5.82 Å². The fourth-order valence-electron chi connectivity index (χ4n) is 3.45. The number of hydrogen-bond donors (Lipinski definition) is 2. The van der Waals surface area contributed by atoms with E-state index in [2.05, 4.69) is 10.6 Å². The Bertz CT molecular complexity index is 1130. The number of carbonyl (C=O) groups is 2. The minimum atomic E-state index is -3.81. The third kappa shape index (κ3) is 6.32. The summed E-state index contributed by atoms with van der Waals surface area (Å²) in [4.78, 5) is 26.4. The van der Waals surface area contributed by atoms with E-state index in [1.54, 1.807) is 29.2 Å². The van der Waals surface area contributed by atoms with Crippen molar-refractivity contribution in [2.24, 2.45) is 0 Å². The van der Waals surface area contributed by atoms with Crippen LogP contribution in [0.5, 0.6) is 0 Å². The van der Waals surface area contributed by atoms with Gasteiger partial charge in [0.25, 0.3) is 5.91 Å². The first kappa shape index (κ1) is 25.6. The van der Waals surface area contributed by atoms with Gasteiger partial charge in [0.2, 0.25) is 15.9 Å². The molecule has 3 rings (SSSR count). The molecule has 2 amide bonds. The molecule has 0 aromatic heterocycles. The van der Waals surface area contributed by atoms with Crippen molar-refractivity contribution < 1.29 is 22.4 Å². The lowest BCUT2D eigenvalue weighted by molar-refractivity contribution is -0.130. The van der Waals surface area contributed by atoms with Crippen molar-refractivity contribution in [2.75, 3.05) is 38.0 Å². The maximum absolute atomic E-state index is 13.4. The average molecular weight is 491 g/mol. The highest BCUT2D eigenvalue weighted by Gasteiger charge is 2.30. The molecule has 0 saturated carbocycles. The summed E-state index contributed by atoms with van der Waals surface area (Å²) in [6.07, 6.45) is 0.811. The van der Waals surface area contributed by atoms with Crippen molar-refractivity contribution in [3.63, 3.8) is 0 Å². The molecular formula is C24H31FN4O4S. The van der Waals surface area contributed by atoms with Crippen LogP contribution >= 0.6 is 0 Å². The van der Waals surface area contributed by atoms with Crippen LogP contribution in [-0.4, -0.2) is 67.7 Å². The highest BCUT2D eigenvalue weighted by molar-refractivity contribution is 7.89. The molecule has 2 aromatic rings. The predicted molar refractivity (Wildman–Crippen MR) is 129 cm³/mol. The number of halogens is 1.